The fraction of sp³-hybridized carbons (Fsp3) is 0.409. The number of carbonyl (C=O) groups excluding carboxylic acids is 1. The molecule has 1 saturated heterocycles. The van der Waals surface area contributed by atoms with Crippen molar-refractivity contribution in [3.63, 3.8) is 0 Å². The van der Waals surface area contributed by atoms with Crippen molar-refractivity contribution in [3.05, 3.63) is 75.6 Å². The Morgan fingerprint density at radius 3 is 2.34 bits per heavy atom. The van der Waals surface area contributed by atoms with Gasteiger partial charge in [0, 0.05) is 36.8 Å². The van der Waals surface area contributed by atoms with Gasteiger partial charge in [0.05, 0.1) is 11.0 Å². The molecule has 0 amide bonds. The summed E-state index contributed by atoms with van der Waals surface area (Å²) in [5.74, 6) is -0.326. The van der Waals surface area contributed by atoms with Crippen molar-refractivity contribution in [1.82, 2.24) is 4.90 Å². The highest BCUT2D eigenvalue weighted by Gasteiger charge is 2.27. The van der Waals surface area contributed by atoms with Crippen molar-refractivity contribution in [1.29, 1.82) is 0 Å². The number of Topliss-reactive ketones (excluding diaryl/α,β-unsaturated/α-hetero) is 1. The Bertz CT molecular complexity index is 831. The second-order valence-electron chi connectivity index (χ2n) is 7.24. The van der Waals surface area contributed by atoms with E-state index < -0.39 is 4.92 Å². The minimum absolute atomic E-state index is 0.0540. The fourth-order valence-electron chi connectivity index (χ4n) is 3.73. The monoisotopic (exact) mass is 400 g/mol. The summed E-state index contributed by atoms with van der Waals surface area (Å²) in [6.45, 7) is 4.68. The van der Waals surface area contributed by atoms with Gasteiger partial charge >= 0.3 is 0 Å². The maximum atomic E-state index is 13.1. The van der Waals surface area contributed by atoms with Gasteiger partial charge in [-0.15, -0.1) is 0 Å². The Balaban J connectivity index is 1.58. The van der Waals surface area contributed by atoms with Gasteiger partial charge < -0.3 is 9.64 Å². The van der Waals surface area contributed by atoms with E-state index in [9.17, 15) is 19.3 Å². The lowest BCUT2D eigenvalue weighted by Gasteiger charge is -2.33. The Labute approximate surface area is 169 Å². The molecule has 0 N–H and O–H groups in total. The van der Waals surface area contributed by atoms with Gasteiger partial charge in [0.15, 0.2) is 5.78 Å². The van der Waals surface area contributed by atoms with Gasteiger partial charge in [-0.05, 0) is 74.8 Å². The van der Waals surface area contributed by atoms with Crippen LogP contribution in [-0.4, -0.2) is 41.8 Å². The van der Waals surface area contributed by atoms with E-state index in [1.807, 2.05) is 6.92 Å². The van der Waals surface area contributed by atoms with E-state index in [1.54, 1.807) is 24.3 Å². The number of halogens is 1. The quantitative estimate of drug-likeness (QED) is 0.373. The average Bonchev–Trinajstić information content (AvgIpc) is 2.74. The van der Waals surface area contributed by atoms with Crippen LogP contribution in [0.25, 0.3) is 0 Å². The van der Waals surface area contributed by atoms with Gasteiger partial charge in [0.25, 0.3) is 5.69 Å². The molecule has 0 aromatic heterocycles. The molecule has 1 aliphatic heterocycles. The highest BCUT2D eigenvalue weighted by atomic mass is 19.1. The van der Waals surface area contributed by atoms with Gasteiger partial charge in [-0.2, -0.15) is 0 Å². The van der Waals surface area contributed by atoms with Crippen LogP contribution in [0.5, 0.6) is 0 Å². The second-order valence-corrected chi connectivity index (χ2v) is 7.24. The van der Waals surface area contributed by atoms with Gasteiger partial charge in [-0.3, -0.25) is 14.9 Å². The summed E-state index contributed by atoms with van der Waals surface area (Å²) in [7, 11) is 0. The molecule has 2 aromatic carbocycles. The lowest BCUT2D eigenvalue weighted by atomic mass is 9.88. The Morgan fingerprint density at radius 2 is 1.79 bits per heavy atom. The lowest BCUT2D eigenvalue weighted by molar-refractivity contribution is -0.384. The molecule has 0 radical (unpaired) electrons. The summed E-state index contributed by atoms with van der Waals surface area (Å²) in [6.07, 6.45) is 1.31. The number of hydrogen-bond acceptors (Lipinski definition) is 5. The first-order valence-electron chi connectivity index (χ1n) is 9.86. The van der Waals surface area contributed by atoms with Gasteiger partial charge in [-0.1, -0.05) is 0 Å². The van der Waals surface area contributed by atoms with Crippen molar-refractivity contribution < 1.29 is 18.8 Å². The normalized spacial score (nSPS) is 16.5. The summed E-state index contributed by atoms with van der Waals surface area (Å²) in [6, 6.07) is 12.2. The minimum Gasteiger partial charge on any atom is -0.372 e. The molecule has 1 heterocycles. The first-order valence-corrected chi connectivity index (χ1v) is 9.86. The molecule has 2 aromatic rings. The van der Waals surface area contributed by atoms with E-state index in [0.717, 1.165) is 31.5 Å². The van der Waals surface area contributed by atoms with Crippen LogP contribution in [0.3, 0.4) is 0 Å². The zero-order valence-electron chi connectivity index (χ0n) is 16.4. The van der Waals surface area contributed by atoms with E-state index in [1.165, 1.54) is 24.3 Å². The first-order chi connectivity index (χ1) is 14.0. The third-order valence-corrected chi connectivity index (χ3v) is 5.35. The average molecular weight is 400 g/mol. The number of carbonyl (C=O) groups is 1. The smallest absolute Gasteiger partial charge is 0.269 e. The molecule has 0 aliphatic carbocycles. The van der Waals surface area contributed by atoms with Gasteiger partial charge in [0.2, 0.25) is 0 Å². The molecule has 154 valence electrons. The lowest BCUT2D eigenvalue weighted by Crippen LogP contribution is -2.39. The molecule has 0 spiro atoms. The van der Waals surface area contributed by atoms with Crippen LogP contribution in [0.15, 0.2) is 48.5 Å². The Morgan fingerprint density at radius 1 is 1.17 bits per heavy atom. The SMILES string of the molecule is CCOC(CN1CCC(C(=O)c2ccc(F)cc2)CC1)c1ccc([N+](=O)[O-])cc1. The Hall–Kier alpha value is -2.64. The maximum absolute atomic E-state index is 13.1. The van der Waals surface area contributed by atoms with Crippen molar-refractivity contribution in [3.8, 4) is 0 Å². The summed E-state index contributed by atoms with van der Waals surface area (Å²) >= 11 is 0. The van der Waals surface area contributed by atoms with Crippen molar-refractivity contribution in [2.75, 3.05) is 26.2 Å². The molecule has 7 heteroatoms. The number of rotatable bonds is 8. The molecular weight excluding hydrogens is 375 g/mol. The fourth-order valence-corrected chi connectivity index (χ4v) is 3.73. The standard InChI is InChI=1S/C22H25FN2O4/c1-2-29-21(16-5-9-20(10-6-16)25(27)28)15-24-13-11-18(12-14-24)22(26)17-3-7-19(23)8-4-17/h3-10,18,21H,2,11-15H2,1H3. The van der Waals surface area contributed by atoms with Crippen LogP contribution < -0.4 is 0 Å². The third-order valence-electron chi connectivity index (χ3n) is 5.35. The maximum Gasteiger partial charge on any atom is 0.269 e. The number of piperidine rings is 1. The molecule has 0 saturated carbocycles. The molecule has 1 unspecified atom stereocenters. The molecule has 6 nitrogen and oxygen atoms in total. The van der Waals surface area contributed by atoms with Crippen LogP contribution in [0, 0.1) is 21.8 Å². The van der Waals surface area contributed by atoms with Crippen LogP contribution >= 0.6 is 0 Å². The number of likely N-dealkylation sites (tertiary alicyclic amines) is 1. The largest absolute Gasteiger partial charge is 0.372 e. The molecule has 1 aliphatic rings. The number of nitro benzene ring substituents is 1. The summed E-state index contributed by atoms with van der Waals surface area (Å²) in [4.78, 5) is 25.3. The summed E-state index contributed by atoms with van der Waals surface area (Å²) in [5, 5.41) is 10.8. The molecule has 1 atom stereocenters. The minimum atomic E-state index is -0.414. The molecular formula is C22H25FN2O4. The third kappa shape index (κ3) is 5.46. The second kappa shape index (κ2) is 9.71. The van der Waals surface area contributed by atoms with E-state index in [-0.39, 0.29) is 29.3 Å². The summed E-state index contributed by atoms with van der Waals surface area (Å²) in [5.41, 5.74) is 1.52. The highest BCUT2D eigenvalue weighted by Crippen LogP contribution is 2.26. The number of non-ortho nitro benzene ring substituents is 1. The Kier molecular flexibility index (Phi) is 7.06. The van der Waals surface area contributed by atoms with Crippen LogP contribution in [0.4, 0.5) is 10.1 Å². The first kappa shape index (κ1) is 21.1. The zero-order chi connectivity index (χ0) is 20.8. The van der Waals surface area contributed by atoms with E-state index >= 15 is 0 Å². The number of ether oxygens (including phenoxy) is 1. The number of benzene rings is 2. The van der Waals surface area contributed by atoms with Crippen LogP contribution in [0.1, 0.15) is 41.8 Å². The number of nitrogens with zero attached hydrogens (tertiary/aromatic N) is 2. The predicted octanol–water partition coefficient (Wildman–Crippen LogP) is 4.41. The summed E-state index contributed by atoms with van der Waals surface area (Å²) < 4.78 is 18.9. The number of nitro groups is 1. The van der Waals surface area contributed by atoms with Crippen molar-refractivity contribution in [2.24, 2.45) is 5.92 Å². The number of ketones is 1. The van der Waals surface area contributed by atoms with Crippen molar-refractivity contribution in [2.45, 2.75) is 25.9 Å². The molecule has 3 rings (SSSR count). The van der Waals surface area contributed by atoms with Gasteiger partial charge in [0.1, 0.15) is 5.82 Å². The van der Waals surface area contributed by atoms with Crippen LogP contribution in [0.2, 0.25) is 0 Å². The van der Waals surface area contributed by atoms with E-state index in [4.69, 9.17) is 4.74 Å². The van der Waals surface area contributed by atoms with E-state index in [2.05, 4.69) is 4.90 Å². The van der Waals surface area contributed by atoms with Crippen LogP contribution in [-0.2, 0) is 4.74 Å². The zero-order valence-corrected chi connectivity index (χ0v) is 16.4. The molecule has 0 bridgehead atoms. The number of hydrogen-bond donors (Lipinski definition) is 0. The van der Waals surface area contributed by atoms with Gasteiger partial charge in [-0.25, -0.2) is 4.39 Å². The highest BCUT2D eigenvalue weighted by molar-refractivity contribution is 5.97. The topological polar surface area (TPSA) is 72.7 Å². The van der Waals surface area contributed by atoms with Crippen molar-refractivity contribution >= 4 is 11.5 Å². The molecule has 29 heavy (non-hydrogen) atoms. The predicted molar refractivity (Wildman–Crippen MR) is 107 cm³/mol. The molecule has 1 fully saturated rings. The van der Waals surface area contributed by atoms with E-state index in [0.29, 0.717) is 18.7 Å².